The summed E-state index contributed by atoms with van der Waals surface area (Å²) < 4.78 is 19.4. The number of hydrogen-bond donors (Lipinski definition) is 0. The number of rotatable bonds is 2. The third-order valence-electron chi connectivity index (χ3n) is 9.88. The second-order valence-electron chi connectivity index (χ2n) is 12.4. The van der Waals surface area contributed by atoms with Gasteiger partial charge in [-0.2, -0.15) is 0 Å². The van der Waals surface area contributed by atoms with Crippen molar-refractivity contribution in [2.45, 2.75) is 0 Å². The first-order valence-electron chi connectivity index (χ1n) is 15.9. The lowest BCUT2D eigenvalue weighted by Gasteiger charge is -2.18. The normalized spacial score (nSPS) is 12.3. The summed E-state index contributed by atoms with van der Waals surface area (Å²) in [5.74, 6) is 0. The molecule has 3 aromatic heterocycles. The first-order chi connectivity index (χ1) is 23.3. The van der Waals surface area contributed by atoms with E-state index in [-0.39, 0.29) is 0 Å². The summed E-state index contributed by atoms with van der Waals surface area (Å²) in [4.78, 5) is 0. The Morgan fingerprint density at radius 1 is 0.277 bits per heavy atom. The van der Waals surface area contributed by atoms with Crippen molar-refractivity contribution in [1.82, 2.24) is 0 Å². The maximum atomic E-state index is 6.56. The van der Waals surface area contributed by atoms with Crippen LogP contribution in [0.4, 0.5) is 0 Å². The maximum absolute atomic E-state index is 6.56. The molecule has 0 fully saturated rings. The van der Waals surface area contributed by atoms with E-state index >= 15 is 0 Å². The van der Waals surface area contributed by atoms with Crippen LogP contribution < -0.4 is 0 Å². The number of hydrogen-bond acceptors (Lipinski definition) is 3. The molecule has 3 heteroatoms. The van der Waals surface area contributed by atoms with Gasteiger partial charge >= 0.3 is 0 Å². The monoisotopic (exact) mass is 600 g/mol. The summed E-state index contributed by atoms with van der Waals surface area (Å²) in [7, 11) is 0. The Bertz CT molecular complexity index is 3020. The zero-order valence-electron chi connectivity index (χ0n) is 25.1. The van der Waals surface area contributed by atoms with Gasteiger partial charge in [0.05, 0.1) is 0 Å². The Hall–Kier alpha value is -6.32. The Labute approximate surface area is 267 Å². The van der Waals surface area contributed by atoms with Gasteiger partial charge in [-0.25, -0.2) is 0 Å². The Balaban J connectivity index is 1.21. The molecular weight excluding hydrogens is 576 g/mol. The van der Waals surface area contributed by atoms with E-state index in [9.17, 15) is 0 Å². The van der Waals surface area contributed by atoms with Gasteiger partial charge in [0.2, 0.25) is 0 Å². The predicted molar refractivity (Wildman–Crippen MR) is 194 cm³/mol. The first-order valence-corrected chi connectivity index (χ1v) is 15.9. The van der Waals surface area contributed by atoms with Crippen molar-refractivity contribution in [3.8, 4) is 22.3 Å². The topological polar surface area (TPSA) is 39.4 Å². The zero-order valence-corrected chi connectivity index (χ0v) is 25.1. The quantitative estimate of drug-likeness (QED) is 0.185. The first kappa shape index (κ1) is 24.9. The fourth-order valence-electron chi connectivity index (χ4n) is 7.85. The van der Waals surface area contributed by atoms with E-state index in [0.717, 1.165) is 76.9 Å². The fraction of sp³-hybridized carbons (Fsp3) is 0. The van der Waals surface area contributed by atoms with Crippen LogP contribution in [0.2, 0.25) is 0 Å². The minimum Gasteiger partial charge on any atom is -0.455 e. The van der Waals surface area contributed by atoms with Gasteiger partial charge in [-0.1, -0.05) is 109 Å². The van der Waals surface area contributed by atoms with E-state index in [2.05, 4.69) is 115 Å². The summed E-state index contributed by atoms with van der Waals surface area (Å²) >= 11 is 0. The van der Waals surface area contributed by atoms with Crippen LogP contribution in [0, 0.1) is 0 Å². The molecular formula is C44H24O3. The molecule has 0 amide bonds. The summed E-state index contributed by atoms with van der Waals surface area (Å²) in [6.45, 7) is 0. The van der Waals surface area contributed by atoms with E-state index < -0.39 is 0 Å². The van der Waals surface area contributed by atoms with E-state index in [1.165, 1.54) is 32.7 Å². The molecule has 0 aliphatic carbocycles. The highest BCUT2D eigenvalue weighted by Crippen LogP contribution is 2.47. The predicted octanol–water partition coefficient (Wildman–Crippen LogP) is 13.0. The maximum Gasteiger partial charge on any atom is 0.178 e. The SMILES string of the molecule is c1ccc2c(c1)oc1c(-c3c4ccccc4c(-c4ccc5oc6c(ccc7c8ccccc8oc76)c5c4)c4ccccc34)cccc12. The van der Waals surface area contributed by atoms with Crippen molar-refractivity contribution in [3.63, 3.8) is 0 Å². The van der Waals surface area contributed by atoms with Crippen LogP contribution in [-0.4, -0.2) is 0 Å². The summed E-state index contributed by atoms with van der Waals surface area (Å²) in [5, 5.41) is 11.3. The van der Waals surface area contributed by atoms with Crippen LogP contribution in [0.3, 0.4) is 0 Å². The van der Waals surface area contributed by atoms with Crippen LogP contribution >= 0.6 is 0 Å². The van der Waals surface area contributed by atoms with Crippen molar-refractivity contribution in [2.24, 2.45) is 0 Å². The van der Waals surface area contributed by atoms with Gasteiger partial charge in [0, 0.05) is 43.4 Å². The number of para-hydroxylation sites is 3. The molecule has 3 nitrogen and oxygen atoms in total. The lowest BCUT2D eigenvalue weighted by Crippen LogP contribution is -1.91. The van der Waals surface area contributed by atoms with Gasteiger partial charge in [0.15, 0.2) is 11.2 Å². The average molecular weight is 601 g/mol. The second-order valence-corrected chi connectivity index (χ2v) is 12.4. The molecule has 0 bridgehead atoms. The number of fused-ring (bicyclic) bond motifs is 12. The zero-order chi connectivity index (χ0) is 30.6. The Kier molecular flexibility index (Phi) is 4.84. The van der Waals surface area contributed by atoms with Gasteiger partial charge < -0.3 is 13.3 Å². The third kappa shape index (κ3) is 3.35. The summed E-state index contributed by atoms with van der Waals surface area (Å²) in [6.07, 6.45) is 0. The van der Waals surface area contributed by atoms with Crippen LogP contribution in [-0.2, 0) is 0 Å². The molecule has 3 heterocycles. The minimum atomic E-state index is 0.787. The molecule has 0 saturated carbocycles. The molecule has 47 heavy (non-hydrogen) atoms. The molecule has 0 N–H and O–H groups in total. The van der Waals surface area contributed by atoms with E-state index in [1.54, 1.807) is 0 Å². The standard InChI is InChI=1S/C44H24O3/c1-3-14-30-28(12-1)40(25-20-23-39-36(24-25)34-22-21-33-27-11-6-8-19-38(27)46-43(33)44(34)47-39)29-13-2-4-15-31(29)41(30)35-17-9-16-32-26-10-5-7-18-37(26)45-42(32)35/h1-24H. The number of benzene rings is 8. The molecule has 11 rings (SSSR count). The van der Waals surface area contributed by atoms with Crippen molar-refractivity contribution in [1.29, 1.82) is 0 Å². The smallest absolute Gasteiger partial charge is 0.178 e. The molecule has 0 radical (unpaired) electrons. The second kappa shape index (κ2) is 9.12. The van der Waals surface area contributed by atoms with Crippen molar-refractivity contribution in [3.05, 3.63) is 146 Å². The van der Waals surface area contributed by atoms with Crippen LogP contribution in [0.25, 0.3) is 110 Å². The summed E-state index contributed by atoms with van der Waals surface area (Å²) in [5.41, 5.74) is 9.75. The molecule has 0 aliphatic rings. The Morgan fingerprint density at radius 2 is 0.723 bits per heavy atom. The van der Waals surface area contributed by atoms with Gasteiger partial charge in [0.1, 0.15) is 22.3 Å². The van der Waals surface area contributed by atoms with Crippen molar-refractivity contribution in [2.75, 3.05) is 0 Å². The van der Waals surface area contributed by atoms with Crippen LogP contribution in [0.15, 0.2) is 159 Å². The van der Waals surface area contributed by atoms with Gasteiger partial charge in [-0.05, 0) is 69.1 Å². The van der Waals surface area contributed by atoms with Gasteiger partial charge in [0.25, 0.3) is 0 Å². The third-order valence-corrected chi connectivity index (χ3v) is 9.88. The highest BCUT2D eigenvalue weighted by atomic mass is 16.4. The van der Waals surface area contributed by atoms with Gasteiger partial charge in [-0.3, -0.25) is 0 Å². The van der Waals surface area contributed by atoms with Crippen molar-refractivity contribution >= 4 is 87.4 Å². The average Bonchev–Trinajstić information content (AvgIpc) is 3.82. The van der Waals surface area contributed by atoms with Crippen LogP contribution in [0.1, 0.15) is 0 Å². The minimum absolute atomic E-state index is 0.787. The molecule has 218 valence electrons. The van der Waals surface area contributed by atoms with E-state index in [1.807, 2.05) is 30.3 Å². The van der Waals surface area contributed by atoms with E-state index in [4.69, 9.17) is 13.3 Å². The lowest BCUT2D eigenvalue weighted by molar-refractivity contribution is 0.633. The molecule has 0 saturated heterocycles. The summed E-state index contributed by atoms with van der Waals surface area (Å²) in [6, 6.07) is 51.4. The largest absolute Gasteiger partial charge is 0.455 e. The molecule has 0 unspecified atom stereocenters. The van der Waals surface area contributed by atoms with Crippen molar-refractivity contribution < 1.29 is 13.3 Å². The number of furan rings is 3. The highest BCUT2D eigenvalue weighted by Gasteiger charge is 2.21. The molecule has 0 atom stereocenters. The molecule has 8 aromatic carbocycles. The lowest BCUT2D eigenvalue weighted by atomic mass is 9.85. The molecule has 0 aliphatic heterocycles. The molecule has 11 aromatic rings. The fourth-order valence-corrected chi connectivity index (χ4v) is 7.85. The van der Waals surface area contributed by atoms with Gasteiger partial charge in [-0.15, -0.1) is 0 Å². The van der Waals surface area contributed by atoms with Crippen LogP contribution in [0.5, 0.6) is 0 Å². The van der Waals surface area contributed by atoms with E-state index in [0.29, 0.717) is 0 Å². The highest BCUT2D eigenvalue weighted by molar-refractivity contribution is 6.25. The molecule has 0 spiro atoms. The Morgan fingerprint density at radius 3 is 1.34 bits per heavy atom.